The van der Waals surface area contributed by atoms with Crippen molar-refractivity contribution in [2.24, 2.45) is 0 Å². The molecule has 0 aliphatic rings. The van der Waals surface area contributed by atoms with Crippen molar-refractivity contribution in [3.8, 4) is 16.9 Å². The van der Waals surface area contributed by atoms with Gasteiger partial charge in [-0.2, -0.15) is 0 Å². The minimum Gasteiger partial charge on any atom is -0.488 e. The molecular formula is C25H20ClNO3. The first-order valence-corrected chi connectivity index (χ1v) is 10.0. The highest BCUT2D eigenvalue weighted by atomic mass is 35.5. The number of aryl methyl sites for hydroxylation is 1. The summed E-state index contributed by atoms with van der Waals surface area (Å²) in [7, 11) is 0. The van der Waals surface area contributed by atoms with Crippen LogP contribution in [-0.4, -0.2) is 16.1 Å². The Morgan fingerprint density at radius 3 is 2.63 bits per heavy atom. The Bertz CT molecular complexity index is 1210. The van der Waals surface area contributed by atoms with Crippen LogP contribution in [0.3, 0.4) is 0 Å². The lowest BCUT2D eigenvalue weighted by atomic mass is 9.99. The number of para-hydroxylation sites is 1. The first kappa shape index (κ1) is 19.9. The Morgan fingerprint density at radius 1 is 1.00 bits per heavy atom. The van der Waals surface area contributed by atoms with E-state index in [1.807, 2.05) is 72.9 Å². The van der Waals surface area contributed by atoms with E-state index < -0.39 is 5.97 Å². The van der Waals surface area contributed by atoms with Crippen LogP contribution in [0.5, 0.6) is 5.75 Å². The third-order valence-corrected chi connectivity index (χ3v) is 5.28. The summed E-state index contributed by atoms with van der Waals surface area (Å²) >= 11 is 6.26. The quantitative estimate of drug-likeness (QED) is 0.391. The predicted molar refractivity (Wildman–Crippen MR) is 119 cm³/mol. The highest BCUT2D eigenvalue weighted by Gasteiger charge is 2.11. The molecule has 30 heavy (non-hydrogen) atoms. The summed E-state index contributed by atoms with van der Waals surface area (Å²) in [5.74, 6) is -0.117. The average molecular weight is 418 g/mol. The van der Waals surface area contributed by atoms with Crippen LogP contribution in [0.4, 0.5) is 0 Å². The Balaban J connectivity index is 1.70. The van der Waals surface area contributed by atoms with Gasteiger partial charge in [0.05, 0.1) is 5.52 Å². The van der Waals surface area contributed by atoms with Crippen LogP contribution in [0.15, 0.2) is 79.0 Å². The Hall–Kier alpha value is -3.37. The van der Waals surface area contributed by atoms with Gasteiger partial charge in [0.15, 0.2) is 0 Å². The molecule has 0 bridgehead atoms. The normalized spacial score (nSPS) is 10.8. The number of carbonyl (C=O) groups is 1. The number of pyridine rings is 1. The number of carboxylic acid groups (broad SMARTS) is 1. The van der Waals surface area contributed by atoms with E-state index in [-0.39, 0.29) is 6.42 Å². The maximum Gasteiger partial charge on any atom is 0.303 e. The monoisotopic (exact) mass is 417 g/mol. The van der Waals surface area contributed by atoms with E-state index in [9.17, 15) is 4.79 Å². The van der Waals surface area contributed by atoms with Crippen LogP contribution in [0.2, 0.25) is 5.02 Å². The van der Waals surface area contributed by atoms with Crippen LogP contribution in [0.25, 0.3) is 22.0 Å². The molecule has 0 spiro atoms. The van der Waals surface area contributed by atoms with Gasteiger partial charge < -0.3 is 9.84 Å². The van der Waals surface area contributed by atoms with Crippen molar-refractivity contribution in [2.45, 2.75) is 19.4 Å². The fourth-order valence-electron chi connectivity index (χ4n) is 3.32. The SMILES string of the molecule is O=C(O)CCc1ccc(OCc2ccccc2Cl)c(-c2cnc3ccccc3c2)c1. The average Bonchev–Trinajstić information content (AvgIpc) is 2.77. The van der Waals surface area contributed by atoms with E-state index in [1.165, 1.54) is 0 Å². The topological polar surface area (TPSA) is 59.4 Å². The van der Waals surface area contributed by atoms with E-state index in [1.54, 1.807) is 0 Å². The number of ether oxygens (including phenoxy) is 1. The lowest BCUT2D eigenvalue weighted by molar-refractivity contribution is -0.136. The Labute approximate surface area is 179 Å². The summed E-state index contributed by atoms with van der Waals surface area (Å²) in [5, 5.41) is 10.7. The largest absolute Gasteiger partial charge is 0.488 e. The van der Waals surface area contributed by atoms with Crippen molar-refractivity contribution in [3.05, 3.63) is 95.1 Å². The van der Waals surface area contributed by atoms with E-state index in [2.05, 4.69) is 11.1 Å². The number of aliphatic carboxylic acids is 1. The Kier molecular flexibility index (Phi) is 5.96. The van der Waals surface area contributed by atoms with Crippen molar-refractivity contribution >= 4 is 28.5 Å². The molecule has 1 aromatic heterocycles. The van der Waals surface area contributed by atoms with Crippen LogP contribution >= 0.6 is 11.6 Å². The summed E-state index contributed by atoms with van der Waals surface area (Å²) < 4.78 is 6.12. The van der Waals surface area contributed by atoms with Crippen molar-refractivity contribution in [3.63, 3.8) is 0 Å². The van der Waals surface area contributed by atoms with Gasteiger partial charge in [-0.3, -0.25) is 9.78 Å². The van der Waals surface area contributed by atoms with Crippen molar-refractivity contribution in [1.82, 2.24) is 4.98 Å². The van der Waals surface area contributed by atoms with E-state index in [0.29, 0.717) is 23.8 Å². The van der Waals surface area contributed by atoms with E-state index in [4.69, 9.17) is 21.4 Å². The van der Waals surface area contributed by atoms with Gasteiger partial charge >= 0.3 is 5.97 Å². The standard InChI is InChI=1S/C25H20ClNO3/c26-22-7-3-1-6-19(22)16-30-24-11-9-17(10-12-25(28)29)13-21(24)20-14-18-5-2-4-8-23(18)27-15-20/h1-9,11,13-15H,10,12,16H2,(H,28,29). The third kappa shape index (κ3) is 4.61. The molecule has 3 aromatic carbocycles. The molecule has 1 N–H and O–H groups in total. The van der Waals surface area contributed by atoms with Gasteiger partial charge in [0.25, 0.3) is 0 Å². The van der Waals surface area contributed by atoms with Gasteiger partial charge in [-0.15, -0.1) is 0 Å². The van der Waals surface area contributed by atoms with Gasteiger partial charge in [0, 0.05) is 39.7 Å². The summed E-state index contributed by atoms with van der Waals surface area (Å²) in [6, 6.07) is 23.3. The van der Waals surface area contributed by atoms with Crippen LogP contribution in [0, 0.1) is 0 Å². The zero-order valence-electron chi connectivity index (χ0n) is 16.2. The van der Waals surface area contributed by atoms with Crippen molar-refractivity contribution < 1.29 is 14.6 Å². The number of benzene rings is 3. The molecule has 0 atom stereocenters. The van der Waals surface area contributed by atoms with E-state index in [0.717, 1.165) is 33.2 Å². The molecule has 1 heterocycles. The van der Waals surface area contributed by atoms with Crippen LogP contribution in [0.1, 0.15) is 17.5 Å². The summed E-state index contributed by atoms with van der Waals surface area (Å²) in [6.07, 6.45) is 2.35. The number of hydrogen-bond donors (Lipinski definition) is 1. The van der Waals surface area contributed by atoms with Gasteiger partial charge in [-0.1, -0.05) is 54.1 Å². The summed E-state index contributed by atoms with van der Waals surface area (Å²) in [5.41, 5.74) is 4.55. The van der Waals surface area contributed by atoms with Gasteiger partial charge in [-0.05, 0) is 42.3 Å². The number of halogens is 1. The van der Waals surface area contributed by atoms with Gasteiger partial charge in [-0.25, -0.2) is 0 Å². The molecule has 4 nitrogen and oxygen atoms in total. The lowest BCUT2D eigenvalue weighted by Crippen LogP contribution is -2.00. The zero-order chi connectivity index (χ0) is 20.9. The fourth-order valence-corrected chi connectivity index (χ4v) is 3.51. The van der Waals surface area contributed by atoms with Crippen molar-refractivity contribution in [1.29, 1.82) is 0 Å². The molecule has 0 aliphatic heterocycles. The fraction of sp³-hybridized carbons (Fsp3) is 0.120. The molecule has 0 unspecified atom stereocenters. The van der Waals surface area contributed by atoms with Crippen LogP contribution in [-0.2, 0) is 17.8 Å². The van der Waals surface area contributed by atoms with E-state index >= 15 is 0 Å². The molecule has 0 radical (unpaired) electrons. The molecule has 5 heteroatoms. The zero-order valence-corrected chi connectivity index (χ0v) is 17.0. The van der Waals surface area contributed by atoms with Gasteiger partial charge in [0.1, 0.15) is 12.4 Å². The minimum absolute atomic E-state index is 0.0786. The lowest BCUT2D eigenvalue weighted by Gasteiger charge is -2.14. The highest BCUT2D eigenvalue weighted by molar-refractivity contribution is 6.31. The molecule has 0 fully saturated rings. The first-order chi connectivity index (χ1) is 14.6. The Morgan fingerprint density at radius 2 is 1.80 bits per heavy atom. The molecule has 150 valence electrons. The summed E-state index contributed by atoms with van der Waals surface area (Å²) in [4.78, 5) is 15.5. The molecule has 4 aromatic rings. The number of aromatic nitrogens is 1. The highest BCUT2D eigenvalue weighted by Crippen LogP contribution is 2.33. The smallest absolute Gasteiger partial charge is 0.303 e. The number of fused-ring (bicyclic) bond motifs is 1. The number of rotatable bonds is 7. The molecular weight excluding hydrogens is 398 g/mol. The second-order valence-corrected chi connectivity index (χ2v) is 7.43. The minimum atomic E-state index is -0.817. The summed E-state index contributed by atoms with van der Waals surface area (Å²) in [6.45, 7) is 0.335. The second kappa shape index (κ2) is 8.97. The molecule has 0 amide bonds. The molecule has 0 saturated carbocycles. The third-order valence-electron chi connectivity index (χ3n) is 4.91. The maximum atomic E-state index is 11.0. The molecule has 4 rings (SSSR count). The molecule has 0 saturated heterocycles. The first-order valence-electron chi connectivity index (χ1n) is 9.66. The maximum absolute atomic E-state index is 11.0. The van der Waals surface area contributed by atoms with Crippen molar-refractivity contribution in [2.75, 3.05) is 0 Å². The predicted octanol–water partition coefficient (Wildman–Crippen LogP) is 6.15. The van der Waals surface area contributed by atoms with Crippen LogP contribution < -0.4 is 4.74 Å². The second-order valence-electron chi connectivity index (χ2n) is 7.02. The van der Waals surface area contributed by atoms with Gasteiger partial charge in [0.2, 0.25) is 0 Å². The number of hydrogen-bond acceptors (Lipinski definition) is 3. The number of carboxylic acids is 1. The molecule has 0 aliphatic carbocycles. The number of nitrogens with zero attached hydrogens (tertiary/aromatic N) is 1.